The van der Waals surface area contributed by atoms with Crippen LogP contribution in [0.15, 0.2) is 24.3 Å². The normalized spacial score (nSPS) is 11.6. The topological polar surface area (TPSA) is 18.5 Å². The molecule has 0 spiro atoms. The van der Waals surface area contributed by atoms with E-state index in [1.54, 1.807) is 12.1 Å². The summed E-state index contributed by atoms with van der Waals surface area (Å²) in [7, 11) is 0. The summed E-state index contributed by atoms with van der Waals surface area (Å²) in [6.07, 6.45) is 3.43. The lowest BCUT2D eigenvalue weighted by molar-refractivity contribution is -0.103. The lowest BCUT2D eigenvalue weighted by Crippen LogP contribution is -2.13. The van der Waals surface area contributed by atoms with Crippen molar-refractivity contribution in [2.24, 2.45) is 0 Å². The van der Waals surface area contributed by atoms with Crippen LogP contribution in [0.3, 0.4) is 0 Å². The van der Waals surface area contributed by atoms with Crippen molar-refractivity contribution in [2.45, 2.75) is 20.1 Å². The Morgan fingerprint density at radius 3 is 2.29 bits per heavy atom. The molecule has 0 amide bonds. The van der Waals surface area contributed by atoms with Crippen LogP contribution in [-0.4, -0.2) is 19.5 Å². The third-order valence-corrected chi connectivity index (χ3v) is 2.79. The summed E-state index contributed by atoms with van der Waals surface area (Å²) >= 11 is 11.8. The Morgan fingerprint density at radius 1 is 1.12 bits per heavy atom. The first-order valence-electron chi connectivity index (χ1n) is 5.53. The fraction of sp³-hybridized carbons (Fsp3) is 0.385. The number of rotatable bonds is 6. The van der Waals surface area contributed by atoms with Crippen LogP contribution in [0.2, 0.25) is 10.0 Å². The lowest BCUT2D eigenvalue weighted by Gasteiger charge is -2.12. The molecule has 17 heavy (non-hydrogen) atoms. The molecule has 0 aromatic heterocycles. The van der Waals surface area contributed by atoms with Crippen molar-refractivity contribution in [1.82, 2.24) is 0 Å². The van der Waals surface area contributed by atoms with Crippen molar-refractivity contribution in [3.8, 4) is 0 Å². The predicted molar refractivity (Wildman–Crippen MR) is 72.5 cm³/mol. The zero-order chi connectivity index (χ0) is 12.7. The Hall–Kier alpha value is -0.540. The quantitative estimate of drug-likeness (QED) is 0.716. The Bertz CT molecular complexity index is 372. The SMILES string of the molecule is CCOC(C=Cc1ccc(Cl)c(Cl)c1)OCC. The van der Waals surface area contributed by atoms with Crippen LogP contribution in [0.5, 0.6) is 0 Å². The molecule has 2 nitrogen and oxygen atoms in total. The van der Waals surface area contributed by atoms with E-state index in [1.807, 2.05) is 32.1 Å². The van der Waals surface area contributed by atoms with Crippen LogP contribution >= 0.6 is 23.2 Å². The number of halogens is 2. The van der Waals surface area contributed by atoms with E-state index in [0.29, 0.717) is 23.3 Å². The molecule has 0 aliphatic rings. The molecule has 1 rings (SSSR count). The molecule has 1 aromatic carbocycles. The first-order chi connectivity index (χ1) is 8.17. The molecule has 0 saturated heterocycles. The van der Waals surface area contributed by atoms with Gasteiger partial charge >= 0.3 is 0 Å². The van der Waals surface area contributed by atoms with E-state index in [0.717, 1.165) is 5.56 Å². The molecule has 0 bridgehead atoms. The molecule has 0 aliphatic carbocycles. The summed E-state index contributed by atoms with van der Waals surface area (Å²) in [5, 5.41) is 1.09. The highest BCUT2D eigenvalue weighted by Crippen LogP contribution is 2.23. The lowest BCUT2D eigenvalue weighted by atomic mass is 10.2. The van der Waals surface area contributed by atoms with Crippen molar-refractivity contribution < 1.29 is 9.47 Å². The summed E-state index contributed by atoms with van der Waals surface area (Å²) in [6.45, 7) is 5.07. The maximum atomic E-state index is 5.92. The standard InChI is InChI=1S/C13H16Cl2O2/c1-3-16-13(17-4-2)8-6-10-5-7-11(14)12(15)9-10/h5-9,13H,3-4H2,1-2H3. The number of hydrogen-bond acceptors (Lipinski definition) is 2. The molecular weight excluding hydrogens is 259 g/mol. The van der Waals surface area contributed by atoms with Gasteiger partial charge in [-0.1, -0.05) is 35.3 Å². The van der Waals surface area contributed by atoms with E-state index < -0.39 is 0 Å². The van der Waals surface area contributed by atoms with Crippen LogP contribution in [0.1, 0.15) is 19.4 Å². The monoisotopic (exact) mass is 274 g/mol. The molecule has 1 aromatic rings. The Kier molecular flexibility index (Phi) is 6.60. The van der Waals surface area contributed by atoms with Gasteiger partial charge in [0.1, 0.15) is 0 Å². The zero-order valence-electron chi connectivity index (χ0n) is 9.95. The molecule has 0 saturated carbocycles. The second kappa shape index (κ2) is 7.72. The van der Waals surface area contributed by atoms with E-state index in [2.05, 4.69) is 0 Å². The van der Waals surface area contributed by atoms with Gasteiger partial charge < -0.3 is 9.47 Å². The van der Waals surface area contributed by atoms with E-state index in [4.69, 9.17) is 32.7 Å². The van der Waals surface area contributed by atoms with Crippen LogP contribution in [-0.2, 0) is 9.47 Å². The third kappa shape index (κ3) is 5.09. The molecule has 0 heterocycles. The van der Waals surface area contributed by atoms with Crippen molar-refractivity contribution in [1.29, 1.82) is 0 Å². The molecule has 94 valence electrons. The Morgan fingerprint density at radius 2 is 1.76 bits per heavy atom. The minimum atomic E-state index is -0.320. The second-order valence-corrected chi connectivity index (χ2v) is 4.13. The van der Waals surface area contributed by atoms with Crippen molar-refractivity contribution in [2.75, 3.05) is 13.2 Å². The predicted octanol–water partition coefficient (Wildman–Crippen LogP) is 4.41. The van der Waals surface area contributed by atoms with Crippen molar-refractivity contribution in [3.05, 3.63) is 39.9 Å². The van der Waals surface area contributed by atoms with Gasteiger partial charge in [0, 0.05) is 13.2 Å². The summed E-state index contributed by atoms with van der Waals surface area (Å²) in [4.78, 5) is 0. The summed E-state index contributed by atoms with van der Waals surface area (Å²) in [5.74, 6) is 0. The van der Waals surface area contributed by atoms with Gasteiger partial charge in [-0.15, -0.1) is 0 Å². The van der Waals surface area contributed by atoms with Crippen LogP contribution in [0, 0.1) is 0 Å². The van der Waals surface area contributed by atoms with Gasteiger partial charge in [-0.25, -0.2) is 0 Å². The molecule has 0 atom stereocenters. The highest BCUT2D eigenvalue weighted by Gasteiger charge is 2.02. The first-order valence-corrected chi connectivity index (χ1v) is 6.29. The van der Waals surface area contributed by atoms with Gasteiger partial charge in [0.15, 0.2) is 6.29 Å². The molecule has 0 N–H and O–H groups in total. The van der Waals surface area contributed by atoms with Gasteiger partial charge in [0.2, 0.25) is 0 Å². The van der Waals surface area contributed by atoms with Gasteiger partial charge in [0.25, 0.3) is 0 Å². The van der Waals surface area contributed by atoms with E-state index in [-0.39, 0.29) is 6.29 Å². The average Bonchev–Trinajstić information content (AvgIpc) is 2.31. The smallest absolute Gasteiger partial charge is 0.177 e. The highest BCUT2D eigenvalue weighted by molar-refractivity contribution is 6.42. The number of hydrogen-bond donors (Lipinski definition) is 0. The van der Waals surface area contributed by atoms with Crippen LogP contribution < -0.4 is 0 Å². The summed E-state index contributed by atoms with van der Waals surface area (Å²) < 4.78 is 10.8. The van der Waals surface area contributed by atoms with Gasteiger partial charge in [-0.3, -0.25) is 0 Å². The maximum Gasteiger partial charge on any atom is 0.177 e. The molecule has 0 fully saturated rings. The van der Waals surface area contributed by atoms with Crippen molar-refractivity contribution in [3.63, 3.8) is 0 Å². The van der Waals surface area contributed by atoms with Gasteiger partial charge in [0.05, 0.1) is 10.0 Å². The Balaban J connectivity index is 2.69. The maximum absolute atomic E-state index is 5.92. The Labute approximate surface area is 112 Å². The molecule has 4 heteroatoms. The third-order valence-electron chi connectivity index (χ3n) is 2.05. The first kappa shape index (κ1) is 14.5. The van der Waals surface area contributed by atoms with Crippen molar-refractivity contribution >= 4 is 29.3 Å². The van der Waals surface area contributed by atoms with Crippen LogP contribution in [0.4, 0.5) is 0 Å². The minimum absolute atomic E-state index is 0.320. The van der Waals surface area contributed by atoms with Crippen LogP contribution in [0.25, 0.3) is 6.08 Å². The zero-order valence-corrected chi connectivity index (χ0v) is 11.5. The van der Waals surface area contributed by atoms with Gasteiger partial charge in [-0.2, -0.15) is 0 Å². The molecule has 0 unspecified atom stereocenters. The fourth-order valence-electron chi connectivity index (χ4n) is 1.29. The molecule has 0 radical (unpaired) electrons. The average molecular weight is 275 g/mol. The van der Waals surface area contributed by atoms with E-state index in [9.17, 15) is 0 Å². The number of ether oxygens (including phenoxy) is 2. The highest BCUT2D eigenvalue weighted by atomic mass is 35.5. The largest absolute Gasteiger partial charge is 0.349 e. The number of benzene rings is 1. The molecule has 0 aliphatic heterocycles. The second-order valence-electron chi connectivity index (χ2n) is 3.31. The van der Waals surface area contributed by atoms with E-state index in [1.165, 1.54) is 0 Å². The van der Waals surface area contributed by atoms with Gasteiger partial charge in [-0.05, 0) is 37.6 Å². The molecular formula is C13H16Cl2O2. The fourth-order valence-corrected chi connectivity index (χ4v) is 1.60. The summed E-state index contributed by atoms with van der Waals surface area (Å²) in [5.41, 5.74) is 0.962. The van der Waals surface area contributed by atoms with E-state index >= 15 is 0 Å². The minimum Gasteiger partial charge on any atom is -0.349 e. The summed E-state index contributed by atoms with van der Waals surface area (Å²) in [6, 6.07) is 5.45.